The quantitative estimate of drug-likeness (QED) is 0.834. The van der Waals surface area contributed by atoms with Gasteiger partial charge in [0.25, 0.3) is 0 Å². The van der Waals surface area contributed by atoms with Gasteiger partial charge in [-0.1, -0.05) is 0 Å². The summed E-state index contributed by atoms with van der Waals surface area (Å²) >= 11 is 0. The average molecular weight is 246 g/mol. The van der Waals surface area contributed by atoms with Gasteiger partial charge in [-0.2, -0.15) is 0 Å². The number of rotatable bonds is 1. The van der Waals surface area contributed by atoms with Crippen molar-refractivity contribution >= 4 is 11.0 Å². The van der Waals surface area contributed by atoms with Crippen molar-refractivity contribution in [2.24, 2.45) is 11.8 Å². The van der Waals surface area contributed by atoms with Crippen LogP contribution in [0.15, 0.2) is 28.7 Å². The summed E-state index contributed by atoms with van der Waals surface area (Å²) in [5.41, 5.74) is -0.166. The first-order valence-electron chi connectivity index (χ1n) is 6.57. The van der Waals surface area contributed by atoms with Gasteiger partial charge in [0, 0.05) is 5.39 Å². The minimum Gasteiger partial charge on any atom is -0.458 e. The van der Waals surface area contributed by atoms with Crippen LogP contribution in [0.2, 0.25) is 0 Å². The molecule has 0 aliphatic heterocycles. The summed E-state index contributed by atoms with van der Waals surface area (Å²) in [6.45, 7) is 0. The highest BCUT2D eigenvalue weighted by Crippen LogP contribution is 2.56. The molecule has 4 rings (SSSR count). The summed E-state index contributed by atoms with van der Waals surface area (Å²) in [6, 6.07) is 6.28. The minimum absolute atomic E-state index is 0.269. The summed E-state index contributed by atoms with van der Waals surface area (Å²) in [7, 11) is 0. The zero-order valence-electron chi connectivity index (χ0n) is 10.0. The monoisotopic (exact) mass is 246 g/mol. The van der Waals surface area contributed by atoms with Crippen LogP contribution in [0.25, 0.3) is 11.0 Å². The van der Waals surface area contributed by atoms with Crippen LogP contribution in [0.4, 0.5) is 4.39 Å². The first kappa shape index (κ1) is 10.6. The summed E-state index contributed by atoms with van der Waals surface area (Å²) in [4.78, 5) is 0. The Bertz CT molecular complexity index is 618. The molecule has 2 aromatic rings. The fraction of sp³-hybridized carbons (Fsp3) is 0.467. The molecule has 0 amide bonds. The van der Waals surface area contributed by atoms with Crippen LogP contribution in [-0.2, 0) is 5.60 Å². The molecule has 1 aromatic heterocycles. The van der Waals surface area contributed by atoms with E-state index >= 15 is 0 Å². The summed E-state index contributed by atoms with van der Waals surface area (Å²) in [6.07, 6.45) is 4.19. The van der Waals surface area contributed by atoms with Crippen molar-refractivity contribution in [2.75, 3.05) is 0 Å². The van der Waals surface area contributed by atoms with Gasteiger partial charge in [-0.05, 0) is 61.8 Å². The van der Waals surface area contributed by atoms with Gasteiger partial charge in [0.1, 0.15) is 22.8 Å². The standard InChI is InChI=1S/C15H15FO2/c16-12-3-4-13-10(6-12)7-14(18-13)15(17)8-9-1-2-11(15)5-9/h3-4,6-7,9,11,17H,1-2,5,8H2. The number of halogens is 1. The smallest absolute Gasteiger partial charge is 0.137 e. The molecule has 2 fully saturated rings. The Morgan fingerprint density at radius 1 is 1.28 bits per heavy atom. The molecular formula is C15H15FO2. The highest BCUT2D eigenvalue weighted by atomic mass is 19.1. The molecule has 1 heterocycles. The molecule has 3 atom stereocenters. The van der Waals surface area contributed by atoms with Crippen molar-refractivity contribution in [3.63, 3.8) is 0 Å². The van der Waals surface area contributed by atoms with Crippen molar-refractivity contribution in [1.82, 2.24) is 0 Å². The second kappa shape index (κ2) is 3.35. The van der Waals surface area contributed by atoms with Crippen LogP contribution in [0.1, 0.15) is 31.4 Å². The van der Waals surface area contributed by atoms with E-state index in [9.17, 15) is 9.50 Å². The van der Waals surface area contributed by atoms with E-state index < -0.39 is 5.60 Å². The zero-order chi connectivity index (χ0) is 12.3. The second-order valence-electron chi connectivity index (χ2n) is 5.80. The minimum atomic E-state index is -0.821. The van der Waals surface area contributed by atoms with Crippen molar-refractivity contribution in [3.8, 4) is 0 Å². The summed E-state index contributed by atoms with van der Waals surface area (Å²) in [5.74, 6) is 1.29. The highest BCUT2D eigenvalue weighted by Gasteiger charge is 2.52. The predicted molar refractivity (Wildman–Crippen MR) is 65.5 cm³/mol. The number of furan rings is 1. The molecule has 3 heteroatoms. The SMILES string of the molecule is OC1(c2cc3cc(F)ccc3o2)CC2CCC1C2. The summed E-state index contributed by atoms with van der Waals surface area (Å²) < 4.78 is 18.9. The molecule has 0 spiro atoms. The van der Waals surface area contributed by atoms with Gasteiger partial charge in [-0.15, -0.1) is 0 Å². The lowest BCUT2D eigenvalue weighted by atomic mass is 9.82. The molecule has 94 valence electrons. The van der Waals surface area contributed by atoms with Gasteiger partial charge in [-0.3, -0.25) is 0 Å². The Morgan fingerprint density at radius 2 is 2.17 bits per heavy atom. The maximum atomic E-state index is 13.2. The van der Waals surface area contributed by atoms with Crippen molar-refractivity contribution in [2.45, 2.75) is 31.3 Å². The van der Waals surface area contributed by atoms with Gasteiger partial charge in [0.05, 0.1) is 0 Å². The van der Waals surface area contributed by atoms with E-state index in [0.29, 0.717) is 23.2 Å². The molecule has 3 unspecified atom stereocenters. The van der Waals surface area contributed by atoms with Crippen LogP contribution < -0.4 is 0 Å². The molecule has 0 saturated heterocycles. The predicted octanol–water partition coefficient (Wildman–Crippen LogP) is 3.58. The van der Waals surface area contributed by atoms with E-state index in [0.717, 1.165) is 24.6 Å². The van der Waals surface area contributed by atoms with E-state index in [-0.39, 0.29) is 5.82 Å². The van der Waals surface area contributed by atoms with E-state index in [1.807, 2.05) is 0 Å². The molecule has 2 bridgehead atoms. The van der Waals surface area contributed by atoms with Crippen LogP contribution >= 0.6 is 0 Å². The fourth-order valence-electron chi connectivity index (χ4n) is 3.83. The fourth-order valence-corrected chi connectivity index (χ4v) is 3.83. The molecule has 2 aliphatic rings. The van der Waals surface area contributed by atoms with Gasteiger partial charge in [-0.25, -0.2) is 4.39 Å². The van der Waals surface area contributed by atoms with E-state index in [4.69, 9.17) is 4.42 Å². The first-order valence-corrected chi connectivity index (χ1v) is 6.57. The Morgan fingerprint density at radius 3 is 2.89 bits per heavy atom. The second-order valence-corrected chi connectivity index (χ2v) is 5.80. The first-order chi connectivity index (χ1) is 8.65. The lowest BCUT2D eigenvalue weighted by molar-refractivity contribution is -0.0355. The number of hydrogen-bond donors (Lipinski definition) is 1. The lowest BCUT2D eigenvalue weighted by Crippen LogP contribution is -2.31. The molecule has 0 radical (unpaired) electrons. The molecule has 2 saturated carbocycles. The number of benzene rings is 1. The van der Waals surface area contributed by atoms with Crippen molar-refractivity contribution in [1.29, 1.82) is 0 Å². The Kier molecular flexibility index (Phi) is 1.97. The van der Waals surface area contributed by atoms with Gasteiger partial charge in [0.2, 0.25) is 0 Å². The van der Waals surface area contributed by atoms with Crippen molar-refractivity contribution < 1.29 is 13.9 Å². The van der Waals surface area contributed by atoms with Gasteiger partial charge >= 0.3 is 0 Å². The maximum absolute atomic E-state index is 13.2. The lowest BCUT2D eigenvalue weighted by Gasteiger charge is -2.30. The molecule has 1 aromatic carbocycles. The largest absolute Gasteiger partial charge is 0.458 e. The van der Waals surface area contributed by atoms with E-state index in [1.165, 1.54) is 18.6 Å². The molecule has 2 nitrogen and oxygen atoms in total. The Hall–Kier alpha value is -1.35. The highest BCUT2D eigenvalue weighted by molar-refractivity contribution is 5.78. The van der Waals surface area contributed by atoms with Crippen LogP contribution in [0, 0.1) is 17.7 Å². The molecule has 1 N–H and O–H groups in total. The van der Waals surface area contributed by atoms with Gasteiger partial charge < -0.3 is 9.52 Å². The number of fused-ring (bicyclic) bond motifs is 3. The third kappa shape index (κ3) is 1.31. The average Bonchev–Trinajstić information content (AvgIpc) is 3.00. The van der Waals surface area contributed by atoms with Crippen LogP contribution in [0.3, 0.4) is 0 Å². The third-order valence-electron chi connectivity index (χ3n) is 4.72. The van der Waals surface area contributed by atoms with E-state index in [1.54, 1.807) is 12.1 Å². The molecule has 2 aliphatic carbocycles. The maximum Gasteiger partial charge on any atom is 0.137 e. The topological polar surface area (TPSA) is 33.4 Å². The molecular weight excluding hydrogens is 231 g/mol. The zero-order valence-corrected chi connectivity index (χ0v) is 10.0. The van der Waals surface area contributed by atoms with Crippen LogP contribution in [-0.4, -0.2) is 5.11 Å². The summed E-state index contributed by atoms with van der Waals surface area (Å²) in [5, 5.41) is 11.6. The Labute approximate surface area is 104 Å². The van der Waals surface area contributed by atoms with E-state index in [2.05, 4.69) is 0 Å². The normalized spacial score (nSPS) is 34.6. The number of hydrogen-bond acceptors (Lipinski definition) is 2. The van der Waals surface area contributed by atoms with Crippen LogP contribution in [0.5, 0.6) is 0 Å². The third-order valence-corrected chi connectivity index (χ3v) is 4.72. The Balaban J connectivity index is 1.83. The number of aliphatic hydroxyl groups is 1. The van der Waals surface area contributed by atoms with Gasteiger partial charge in [0.15, 0.2) is 0 Å². The molecule has 18 heavy (non-hydrogen) atoms. The van der Waals surface area contributed by atoms with Crippen molar-refractivity contribution in [3.05, 3.63) is 35.8 Å².